The Labute approximate surface area is 101 Å². The zero-order valence-corrected chi connectivity index (χ0v) is 10.5. The summed E-state index contributed by atoms with van der Waals surface area (Å²) in [6, 6.07) is 9.05. The van der Waals surface area contributed by atoms with Crippen molar-refractivity contribution in [3.63, 3.8) is 0 Å². The third-order valence-electron chi connectivity index (χ3n) is 2.57. The molecular formula is C12H16O4S. The van der Waals surface area contributed by atoms with Gasteiger partial charge in [-0.05, 0) is 12.0 Å². The number of carboxylic acids is 1. The molecule has 0 amide bonds. The van der Waals surface area contributed by atoms with Crippen molar-refractivity contribution in [3.05, 3.63) is 35.9 Å². The molecule has 0 aromatic heterocycles. The Morgan fingerprint density at radius 2 is 1.88 bits per heavy atom. The number of carboxylic acid groups (broad SMARTS) is 1. The van der Waals surface area contributed by atoms with E-state index in [9.17, 15) is 13.2 Å². The van der Waals surface area contributed by atoms with Crippen LogP contribution >= 0.6 is 0 Å². The van der Waals surface area contributed by atoms with Crippen LogP contribution in [0.2, 0.25) is 0 Å². The van der Waals surface area contributed by atoms with Crippen LogP contribution in [0.5, 0.6) is 0 Å². The Bertz CT molecular complexity index is 465. The second-order valence-electron chi connectivity index (χ2n) is 3.92. The number of sulfone groups is 1. The molecule has 0 saturated carbocycles. The standard InChI is InChI=1S/C12H16O4S/c1-2-17(15,16)9-11(12(13)14)8-10-6-4-3-5-7-10/h3-7,11H,2,8-9H2,1H3,(H,13,14)/t11-/m1/s1. The highest BCUT2D eigenvalue weighted by molar-refractivity contribution is 7.91. The van der Waals surface area contributed by atoms with Crippen molar-refractivity contribution in [2.75, 3.05) is 11.5 Å². The maximum Gasteiger partial charge on any atom is 0.307 e. The number of hydrogen-bond donors (Lipinski definition) is 1. The van der Waals surface area contributed by atoms with Gasteiger partial charge in [0.15, 0.2) is 9.84 Å². The van der Waals surface area contributed by atoms with Gasteiger partial charge in [-0.2, -0.15) is 0 Å². The van der Waals surface area contributed by atoms with E-state index >= 15 is 0 Å². The summed E-state index contributed by atoms with van der Waals surface area (Å²) in [5, 5.41) is 9.03. The van der Waals surface area contributed by atoms with Crippen LogP contribution in [0.15, 0.2) is 30.3 Å². The number of aliphatic carboxylic acids is 1. The van der Waals surface area contributed by atoms with Gasteiger partial charge in [-0.15, -0.1) is 0 Å². The van der Waals surface area contributed by atoms with Crippen LogP contribution in [-0.2, 0) is 21.1 Å². The zero-order chi connectivity index (χ0) is 12.9. The van der Waals surface area contributed by atoms with E-state index in [-0.39, 0.29) is 17.9 Å². The normalized spacial score (nSPS) is 13.2. The molecule has 1 atom stereocenters. The molecular weight excluding hydrogens is 240 g/mol. The van der Waals surface area contributed by atoms with Crippen LogP contribution in [0.25, 0.3) is 0 Å². The monoisotopic (exact) mass is 256 g/mol. The predicted octanol–water partition coefficient (Wildman–Crippen LogP) is 1.36. The smallest absolute Gasteiger partial charge is 0.307 e. The Morgan fingerprint density at radius 1 is 1.29 bits per heavy atom. The van der Waals surface area contributed by atoms with Crippen molar-refractivity contribution in [2.45, 2.75) is 13.3 Å². The fourth-order valence-corrected chi connectivity index (χ4v) is 2.65. The molecule has 0 bridgehead atoms. The van der Waals surface area contributed by atoms with Gasteiger partial charge in [-0.25, -0.2) is 8.42 Å². The Morgan fingerprint density at radius 3 is 2.35 bits per heavy atom. The first-order valence-electron chi connectivity index (χ1n) is 5.41. The van der Waals surface area contributed by atoms with Crippen LogP contribution in [-0.4, -0.2) is 31.0 Å². The first-order valence-corrected chi connectivity index (χ1v) is 7.24. The largest absolute Gasteiger partial charge is 0.481 e. The summed E-state index contributed by atoms with van der Waals surface area (Å²) >= 11 is 0. The average Bonchev–Trinajstić information content (AvgIpc) is 2.29. The minimum Gasteiger partial charge on any atom is -0.481 e. The molecule has 17 heavy (non-hydrogen) atoms. The maximum atomic E-state index is 11.4. The molecule has 1 N–H and O–H groups in total. The van der Waals surface area contributed by atoms with E-state index in [0.29, 0.717) is 0 Å². The Kier molecular flexibility index (Phi) is 4.69. The van der Waals surface area contributed by atoms with E-state index < -0.39 is 21.7 Å². The fourth-order valence-electron chi connectivity index (χ4n) is 1.54. The lowest BCUT2D eigenvalue weighted by Gasteiger charge is -2.12. The summed E-state index contributed by atoms with van der Waals surface area (Å²) in [4.78, 5) is 11.0. The van der Waals surface area contributed by atoms with Gasteiger partial charge in [0.2, 0.25) is 0 Å². The van der Waals surface area contributed by atoms with Crippen LogP contribution in [0.3, 0.4) is 0 Å². The number of hydrogen-bond acceptors (Lipinski definition) is 3. The van der Waals surface area contributed by atoms with Gasteiger partial charge >= 0.3 is 5.97 Å². The summed E-state index contributed by atoms with van der Waals surface area (Å²) < 4.78 is 22.9. The first kappa shape index (κ1) is 13.7. The van der Waals surface area contributed by atoms with Crippen molar-refractivity contribution < 1.29 is 18.3 Å². The second kappa shape index (κ2) is 5.82. The van der Waals surface area contributed by atoms with E-state index in [0.717, 1.165) is 5.56 Å². The summed E-state index contributed by atoms with van der Waals surface area (Å²) in [7, 11) is -3.26. The SMILES string of the molecule is CCS(=O)(=O)C[C@@H](Cc1ccccc1)C(=O)O. The highest BCUT2D eigenvalue weighted by Crippen LogP contribution is 2.12. The Balaban J connectivity index is 2.78. The number of benzene rings is 1. The van der Waals surface area contributed by atoms with E-state index in [1.165, 1.54) is 6.92 Å². The summed E-state index contributed by atoms with van der Waals surface area (Å²) in [5.74, 6) is -2.26. The molecule has 0 fully saturated rings. The Hall–Kier alpha value is -1.36. The molecule has 0 aliphatic carbocycles. The molecule has 0 saturated heterocycles. The van der Waals surface area contributed by atoms with Crippen LogP contribution in [0.1, 0.15) is 12.5 Å². The van der Waals surface area contributed by atoms with Crippen molar-refractivity contribution in [3.8, 4) is 0 Å². The van der Waals surface area contributed by atoms with Gasteiger partial charge in [0, 0.05) is 5.75 Å². The quantitative estimate of drug-likeness (QED) is 0.834. The van der Waals surface area contributed by atoms with Crippen LogP contribution in [0.4, 0.5) is 0 Å². The second-order valence-corrected chi connectivity index (χ2v) is 6.32. The molecule has 0 unspecified atom stereocenters. The molecule has 0 radical (unpaired) electrons. The minimum absolute atomic E-state index is 0.0223. The highest BCUT2D eigenvalue weighted by atomic mass is 32.2. The first-order chi connectivity index (χ1) is 7.94. The lowest BCUT2D eigenvalue weighted by molar-refractivity contribution is -0.140. The average molecular weight is 256 g/mol. The molecule has 1 aromatic carbocycles. The minimum atomic E-state index is -3.26. The molecule has 0 aliphatic heterocycles. The number of carbonyl (C=O) groups is 1. The summed E-state index contributed by atoms with van der Waals surface area (Å²) in [6.45, 7) is 1.52. The third-order valence-corrected chi connectivity index (χ3v) is 4.36. The third kappa shape index (κ3) is 4.56. The molecule has 5 heteroatoms. The van der Waals surface area contributed by atoms with E-state index in [4.69, 9.17) is 5.11 Å². The van der Waals surface area contributed by atoms with Gasteiger partial charge in [0.25, 0.3) is 0 Å². The van der Waals surface area contributed by atoms with Crippen LogP contribution in [0, 0.1) is 5.92 Å². The molecule has 0 aliphatic rings. The molecule has 4 nitrogen and oxygen atoms in total. The lowest BCUT2D eigenvalue weighted by Crippen LogP contribution is -2.26. The van der Waals surface area contributed by atoms with Crippen molar-refractivity contribution in [1.82, 2.24) is 0 Å². The topological polar surface area (TPSA) is 71.4 Å². The highest BCUT2D eigenvalue weighted by Gasteiger charge is 2.24. The molecule has 94 valence electrons. The van der Waals surface area contributed by atoms with Gasteiger partial charge in [-0.3, -0.25) is 4.79 Å². The fraction of sp³-hybridized carbons (Fsp3) is 0.417. The summed E-state index contributed by atoms with van der Waals surface area (Å²) in [6.07, 6.45) is 0.245. The van der Waals surface area contributed by atoms with Crippen molar-refractivity contribution >= 4 is 15.8 Å². The number of rotatable bonds is 6. The van der Waals surface area contributed by atoms with E-state index in [1.807, 2.05) is 18.2 Å². The van der Waals surface area contributed by atoms with E-state index in [1.54, 1.807) is 12.1 Å². The zero-order valence-electron chi connectivity index (χ0n) is 9.67. The molecule has 1 rings (SSSR count). The molecule has 0 spiro atoms. The molecule has 1 aromatic rings. The van der Waals surface area contributed by atoms with Crippen LogP contribution < -0.4 is 0 Å². The molecule has 0 heterocycles. The van der Waals surface area contributed by atoms with Gasteiger partial charge in [-0.1, -0.05) is 37.3 Å². The lowest BCUT2D eigenvalue weighted by atomic mass is 10.0. The summed E-state index contributed by atoms with van der Waals surface area (Å²) in [5.41, 5.74) is 0.839. The van der Waals surface area contributed by atoms with Gasteiger partial charge in [0.1, 0.15) is 0 Å². The van der Waals surface area contributed by atoms with Gasteiger partial charge in [0.05, 0.1) is 11.7 Å². The van der Waals surface area contributed by atoms with Crippen molar-refractivity contribution in [2.24, 2.45) is 5.92 Å². The predicted molar refractivity (Wildman–Crippen MR) is 65.6 cm³/mol. The van der Waals surface area contributed by atoms with Gasteiger partial charge < -0.3 is 5.11 Å². The van der Waals surface area contributed by atoms with E-state index in [2.05, 4.69) is 0 Å². The maximum absolute atomic E-state index is 11.4. The van der Waals surface area contributed by atoms with Crippen molar-refractivity contribution in [1.29, 1.82) is 0 Å².